The molecule has 1 unspecified atom stereocenters. The first-order valence-electron chi connectivity index (χ1n) is 6.21. The van der Waals surface area contributed by atoms with E-state index in [4.69, 9.17) is 16.3 Å². The maximum absolute atomic E-state index is 9.73. The smallest absolute Gasteiger partial charge is 0.130 e. The Hall–Kier alpha value is -1.52. The van der Waals surface area contributed by atoms with Gasteiger partial charge in [-0.1, -0.05) is 11.6 Å². The van der Waals surface area contributed by atoms with Crippen LogP contribution in [0.4, 0.5) is 0 Å². The maximum Gasteiger partial charge on any atom is 0.130 e. The van der Waals surface area contributed by atoms with Gasteiger partial charge in [0.25, 0.3) is 0 Å². The van der Waals surface area contributed by atoms with Crippen molar-refractivity contribution in [3.63, 3.8) is 0 Å². The molecule has 0 saturated heterocycles. The number of hydrogen-bond donors (Lipinski definition) is 1. The molecule has 0 bridgehead atoms. The lowest BCUT2D eigenvalue weighted by atomic mass is 10.1. The number of aliphatic hydroxyl groups is 1. The number of aromatic nitrogens is 2. The minimum atomic E-state index is -0.621. The van der Waals surface area contributed by atoms with Gasteiger partial charge in [0.2, 0.25) is 0 Å². The molecule has 0 saturated carbocycles. The zero-order valence-corrected chi connectivity index (χ0v) is 11.8. The topological polar surface area (TPSA) is 47.3 Å². The van der Waals surface area contributed by atoms with Gasteiger partial charge in [-0.3, -0.25) is 0 Å². The zero-order chi connectivity index (χ0) is 13.8. The van der Waals surface area contributed by atoms with Crippen LogP contribution < -0.4 is 4.74 Å². The quantitative estimate of drug-likeness (QED) is 0.915. The van der Waals surface area contributed by atoms with Gasteiger partial charge >= 0.3 is 0 Å². The van der Waals surface area contributed by atoms with Crippen LogP contribution in [0.1, 0.15) is 31.2 Å². The molecule has 1 atom stereocenters. The predicted molar refractivity (Wildman–Crippen MR) is 74.3 cm³/mol. The van der Waals surface area contributed by atoms with Crippen LogP contribution in [0.5, 0.6) is 5.75 Å². The van der Waals surface area contributed by atoms with Crippen LogP contribution in [0.2, 0.25) is 5.02 Å². The van der Waals surface area contributed by atoms with Gasteiger partial charge in [-0.15, -0.1) is 0 Å². The molecule has 102 valence electrons. The molecule has 0 amide bonds. The summed E-state index contributed by atoms with van der Waals surface area (Å²) in [6, 6.07) is 5.25. The van der Waals surface area contributed by atoms with Crippen molar-refractivity contribution in [1.29, 1.82) is 0 Å². The fourth-order valence-corrected chi connectivity index (χ4v) is 2.06. The monoisotopic (exact) mass is 280 g/mol. The second-order valence-corrected chi connectivity index (χ2v) is 4.75. The van der Waals surface area contributed by atoms with E-state index in [1.807, 2.05) is 4.57 Å². The summed E-state index contributed by atoms with van der Waals surface area (Å²) in [6.45, 7) is 5.00. The molecule has 0 fully saturated rings. The molecule has 2 rings (SSSR count). The number of ether oxygens (including phenoxy) is 1. The summed E-state index contributed by atoms with van der Waals surface area (Å²) < 4.78 is 7.77. The van der Waals surface area contributed by atoms with Crippen molar-refractivity contribution >= 4 is 11.6 Å². The molecule has 5 heteroatoms. The summed E-state index contributed by atoms with van der Waals surface area (Å²) in [5.74, 6) is 0.642. The van der Waals surface area contributed by atoms with E-state index in [1.54, 1.807) is 37.6 Å². The zero-order valence-electron chi connectivity index (χ0n) is 11.0. The largest absolute Gasteiger partial charge is 0.487 e. The van der Waals surface area contributed by atoms with E-state index in [1.165, 1.54) is 0 Å². The Morgan fingerprint density at radius 3 is 2.95 bits per heavy atom. The second-order valence-electron chi connectivity index (χ2n) is 4.32. The Kier molecular flexibility index (Phi) is 4.45. The van der Waals surface area contributed by atoms with Crippen molar-refractivity contribution in [3.8, 4) is 5.75 Å². The van der Waals surface area contributed by atoms with E-state index in [2.05, 4.69) is 11.9 Å². The SMILES string of the molecule is CCn1cncc1COc1ccc(Cl)cc1C(C)O. The standard InChI is InChI=1S/C14H17ClN2O2/c1-3-17-9-16-7-12(17)8-19-14-5-4-11(15)6-13(14)10(2)18/h4-7,9-10,18H,3,8H2,1-2H3. The molecule has 0 aliphatic carbocycles. The van der Waals surface area contributed by atoms with Crippen molar-refractivity contribution in [1.82, 2.24) is 9.55 Å². The molecule has 1 heterocycles. The maximum atomic E-state index is 9.73. The Morgan fingerprint density at radius 2 is 2.26 bits per heavy atom. The van der Waals surface area contributed by atoms with Crippen LogP contribution >= 0.6 is 11.6 Å². The number of aryl methyl sites for hydroxylation is 1. The number of hydrogen-bond acceptors (Lipinski definition) is 3. The minimum absolute atomic E-state index is 0.412. The molecule has 19 heavy (non-hydrogen) atoms. The van der Waals surface area contributed by atoms with Crippen LogP contribution in [0.25, 0.3) is 0 Å². The van der Waals surface area contributed by atoms with Gasteiger partial charge in [0.15, 0.2) is 0 Å². The molecule has 2 aromatic rings. The van der Waals surface area contributed by atoms with Gasteiger partial charge in [-0.2, -0.15) is 0 Å². The fraction of sp³-hybridized carbons (Fsp3) is 0.357. The van der Waals surface area contributed by atoms with E-state index in [0.717, 1.165) is 12.2 Å². The summed E-state index contributed by atoms with van der Waals surface area (Å²) in [4.78, 5) is 4.09. The molecule has 0 aliphatic heterocycles. The van der Waals surface area contributed by atoms with E-state index in [9.17, 15) is 5.11 Å². The number of aliphatic hydroxyl groups excluding tert-OH is 1. The molecule has 0 radical (unpaired) electrons. The third-order valence-electron chi connectivity index (χ3n) is 2.94. The van der Waals surface area contributed by atoms with Crippen LogP contribution in [0.3, 0.4) is 0 Å². The Balaban J connectivity index is 2.15. The summed E-state index contributed by atoms with van der Waals surface area (Å²) in [5, 5.41) is 10.3. The van der Waals surface area contributed by atoms with Crippen molar-refractivity contribution in [2.45, 2.75) is 33.1 Å². The highest BCUT2D eigenvalue weighted by Crippen LogP contribution is 2.28. The average Bonchev–Trinajstić information content (AvgIpc) is 2.84. The van der Waals surface area contributed by atoms with Crippen LogP contribution in [-0.2, 0) is 13.2 Å². The first-order chi connectivity index (χ1) is 9.11. The molecule has 0 spiro atoms. The summed E-state index contributed by atoms with van der Waals surface area (Å²) in [6.07, 6.45) is 2.93. The number of benzene rings is 1. The lowest BCUT2D eigenvalue weighted by molar-refractivity contribution is 0.189. The number of nitrogens with zero attached hydrogens (tertiary/aromatic N) is 2. The Morgan fingerprint density at radius 1 is 1.47 bits per heavy atom. The van der Waals surface area contributed by atoms with Crippen LogP contribution in [-0.4, -0.2) is 14.7 Å². The summed E-state index contributed by atoms with van der Waals surface area (Å²) >= 11 is 5.93. The van der Waals surface area contributed by atoms with Gasteiger partial charge < -0.3 is 14.4 Å². The van der Waals surface area contributed by atoms with Crippen LogP contribution in [0.15, 0.2) is 30.7 Å². The first kappa shape index (κ1) is 13.9. The first-order valence-corrected chi connectivity index (χ1v) is 6.59. The van der Waals surface area contributed by atoms with Gasteiger partial charge in [0.05, 0.1) is 24.3 Å². The number of rotatable bonds is 5. The average molecular weight is 281 g/mol. The highest BCUT2D eigenvalue weighted by Gasteiger charge is 2.11. The summed E-state index contributed by atoms with van der Waals surface area (Å²) in [7, 11) is 0. The third kappa shape index (κ3) is 3.28. The lowest BCUT2D eigenvalue weighted by Gasteiger charge is -2.14. The van der Waals surface area contributed by atoms with Crippen molar-refractivity contribution in [2.75, 3.05) is 0 Å². The molecular weight excluding hydrogens is 264 g/mol. The van der Waals surface area contributed by atoms with Crippen molar-refractivity contribution in [2.24, 2.45) is 0 Å². The fourth-order valence-electron chi connectivity index (χ4n) is 1.88. The molecule has 1 aromatic heterocycles. The molecule has 1 N–H and O–H groups in total. The molecule has 0 aliphatic rings. The van der Waals surface area contributed by atoms with Gasteiger partial charge in [-0.05, 0) is 32.0 Å². The molecule has 1 aromatic carbocycles. The van der Waals surface area contributed by atoms with E-state index < -0.39 is 6.10 Å². The number of imidazole rings is 1. The lowest BCUT2D eigenvalue weighted by Crippen LogP contribution is -2.05. The normalized spacial score (nSPS) is 12.4. The van der Waals surface area contributed by atoms with E-state index in [0.29, 0.717) is 22.9 Å². The Bertz CT molecular complexity index is 552. The predicted octanol–water partition coefficient (Wildman–Crippen LogP) is 3.19. The Labute approximate surface area is 117 Å². The minimum Gasteiger partial charge on any atom is -0.487 e. The second kappa shape index (κ2) is 6.08. The van der Waals surface area contributed by atoms with Crippen LogP contribution in [0, 0.1) is 0 Å². The van der Waals surface area contributed by atoms with Gasteiger partial charge in [0, 0.05) is 17.1 Å². The summed E-state index contributed by atoms with van der Waals surface area (Å²) in [5.41, 5.74) is 1.68. The highest BCUT2D eigenvalue weighted by molar-refractivity contribution is 6.30. The number of halogens is 1. The molecule has 4 nitrogen and oxygen atoms in total. The van der Waals surface area contributed by atoms with Gasteiger partial charge in [-0.25, -0.2) is 4.98 Å². The van der Waals surface area contributed by atoms with E-state index in [-0.39, 0.29) is 0 Å². The highest BCUT2D eigenvalue weighted by atomic mass is 35.5. The van der Waals surface area contributed by atoms with Gasteiger partial charge in [0.1, 0.15) is 12.4 Å². The van der Waals surface area contributed by atoms with Crippen molar-refractivity contribution in [3.05, 3.63) is 47.0 Å². The van der Waals surface area contributed by atoms with Crippen molar-refractivity contribution < 1.29 is 9.84 Å². The molecular formula is C14H17ClN2O2. The van der Waals surface area contributed by atoms with E-state index >= 15 is 0 Å². The third-order valence-corrected chi connectivity index (χ3v) is 3.17.